The normalized spacial score (nSPS) is 14.5. The number of para-hydroxylation sites is 1. The Labute approximate surface area is 205 Å². The molecule has 1 aliphatic rings. The first-order valence-electron chi connectivity index (χ1n) is 12.1. The molecular formula is C28H31N5O2. The van der Waals surface area contributed by atoms with Crippen molar-refractivity contribution in [2.75, 3.05) is 31.1 Å². The number of rotatable bonds is 6. The predicted octanol–water partition coefficient (Wildman–Crippen LogP) is 4.79. The summed E-state index contributed by atoms with van der Waals surface area (Å²) in [6, 6.07) is 22.2. The summed E-state index contributed by atoms with van der Waals surface area (Å²) in [7, 11) is 0. The highest BCUT2D eigenvalue weighted by Gasteiger charge is 2.18. The largest absolute Gasteiger partial charge is 0.508 e. The molecule has 0 amide bonds. The van der Waals surface area contributed by atoms with Crippen LogP contribution in [0.1, 0.15) is 30.9 Å². The average Bonchev–Trinajstić information content (AvgIpc) is 3.35. The molecule has 0 aliphatic carbocycles. The van der Waals surface area contributed by atoms with Crippen molar-refractivity contribution in [3.63, 3.8) is 0 Å². The van der Waals surface area contributed by atoms with E-state index in [-0.39, 0.29) is 17.4 Å². The number of benzene rings is 3. The van der Waals surface area contributed by atoms with Gasteiger partial charge < -0.3 is 15.1 Å². The Morgan fingerprint density at radius 3 is 2.26 bits per heavy atom. The lowest BCUT2D eigenvalue weighted by Gasteiger charge is -2.36. The van der Waals surface area contributed by atoms with Crippen molar-refractivity contribution < 1.29 is 10.2 Å². The zero-order valence-electron chi connectivity index (χ0n) is 20.2. The first kappa shape index (κ1) is 22.9. The lowest BCUT2D eigenvalue weighted by atomic mass is 10.0. The molecule has 1 saturated heterocycles. The molecule has 4 aromatic rings. The van der Waals surface area contributed by atoms with Crippen LogP contribution >= 0.6 is 0 Å². The summed E-state index contributed by atoms with van der Waals surface area (Å²) in [5.41, 5.74) is 5.51. The van der Waals surface area contributed by atoms with E-state index in [1.165, 1.54) is 17.3 Å². The minimum absolute atomic E-state index is 0.0361. The summed E-state index contributed by atoms with van der Waals surface area (Å²) >= 11 is 0. The summed E-state index contributed by atoms with van der Waals surface area (Å²) in [4.78, 5) is 4.93. The molecule has 35 heavy (non-hydrogen) atoms. The van der Waals surface area contributed by atoms with Gasteiger partial charge in [0.1, 0.15) is 22.9 Å². The summed E-state index contributed by atoms with van der Waals surface area (Å²) in [5.74, 6) is 0.163. The summed E-state index contributed by atoms with van der Waals surface area (Å²) in [6.45, 7) is 9.07. The Kier molecular flexibility index (Phi) is 6.42. The molecule has 2 N–H and O–H groups in total. The molecule has 0 bridgehead atoms. The van der Waals surface area contributed by atoms with Gasteiger partial charge in [0.25, 0.3) is 0 Å². The highest BCUT2D eigenvalue weighted by Crippen LogP contribution is 2.34. The summed E-state index contributed by atoms with van der Waals surface area (Å²) < 4.78 is 1.55. The quantitative estimate of drug-likeness (QED) is 0.423. The van der Waals surface area contributed by atoms with Gasteiger partial charge in [0.2, 0.25) is 0 Å². The van der Waals surface area contributed by atoms with Crippen LogP contribution in [0.25, 0.3) is 16.9 Å². The fraction of sp³-hybridized carbons (Fsp3) is 0.286. The molecular weight excluding hydrogens is 438 g/mol. The standard InChI is InChI=1S/C28H31N5O2/c1-20(2)24-16-26(28(35)17-27(24)34)33-19-25(29-30-33)22-10-8-21(9-11-22)18-31-12-14-32(15-13-31)23-6-4-3-5-7-23/h3-11,16-17,19-20,34-35H,12-15,18H2,1-2H3. The summed E-state index contributed by atoms with van der Waals surface area (Å²) in [6.07, 6.45) is 1.80. The molecule has 0 radical (unpaired) electrons. The molecule has 0 saturated carbocycles. The van der Waals surface area contributed by atoms with Gasteiger partial charge in [-0.2, -0.15) is 0 Å². The number of hydrogen-bond acceptors (Lipinski definition) is 6. The number of hydrogen-bond donors (Lipinski definition) is 2. The van der Waals surface area contributed by atoms with Crippen molar-refractivity contribution in [3.05, 3.63) is 84.1 Å². The van der Waals surface area contributed by atoms with Crippen LogP contribution in [0.5, 0.6) is 11.5 Å². The Morgan fingerprint density at radius 1 is 0.857 bits per heavy atom. The fourth-order valence-corrected chi connectivity index (χ4v) is 4.58. The number of phenols is 2. The first-order chi connectivity index (χ1) is 17.0. The number of phenolic OH excluding ortho intramolecular Hbond substituents is 2. The number of anilines is 1. The van der Waals surface area contributed by atoms with E-state index in [1.54, 1.807) is 16.9 Å². The second kappa shape index (κ2) is 9.80. The van der Waals surface area contributed by atoms with Crippen molar-refractivity contribution in [2.24, 2.45) is 0 Å². The van der Waals surface area contributed by atoms with Gasteiger partial charge in [0, 0.05) is 50.0 Å². The van der Waals surface area contributed by atoms with Gasteiger partial charge in [0.15, 0.2) is 0 Å². The lowest BCUT2D eigenvalue weighted by molar-refractivity contribution is 0.250. The molecule has 3 aromatic carbocycles. The van der Waals surface area contributed by atoms with Crippen molar-refractivity contribution in [1.29, 1.82) is 0 Å². The van der Waals surface area contributed by atoms with E-state index >= 15 is 0 Å². The second-order valence-corrected chi connectivity index (χ2v) is 9.40. The number of piperazine rings is 1. The molecule has 0 unspecified atom stereocenters. The Hall–Kier alpha value is -3.84. The van der Waals surface area contributed by atoms with Gasteiger partial charge in [-0.05, 0) is 35.2 Å². The van der Waals surface area contributed by atoms with Crippen LogP contribution in [0.4, 0.5) is 5.69 Å². The third-order valence-electron chi connectivity index (χ3n) is 6.64. The monoisotopic (exact) mass is 469 g/mol. The molecule has 1 aromatic heterocycles. The van der Waals surface area contributed by atoms with E-state index in [1.807, 2.05) is 13.8 Å². The molecule has 180 valence electrons. The Balaban J connectivity index is 1.24. The van der Waals surface area contributed by atoms with Gasteiger partial charge in [-0.3, -0.25) is 4.90 Å². The minimum Gasteiger partial charge on any atom is -0.508 e. The second-order valence-electron chi connectivity index (χ2n) is 9.40. The molecule has 1 fully saturated rings. The van der Waals surface area contributed by atoms with Crippen LogP contribution in [0, 0.1) is 0 Å². The van der Waals surface area contributed by atoms with Crippen LogP contribution in [0.15, 0.2) is 72.9 Å². The molecule has 0 atom stereocenters. The van der Waals surface area contributed by atoms with Gasteiger partial charge in [-0.1, -0.05) is 61.5 Å². The van der Waals surface area contributed by atoms with E-state index < -0.39 is 0 Å². The van der Waals surface area contributed by atoms with Gasteiger partial charge in [-0.15, -0.1) is 5.10 Å². The maximum atomic E-state index is 10.3. The van der Waals surface area contributed by atoms with Crippen LogP contribution in [-0.4, -0.2) is 56.3 Å². The predicted molar refractivity (Wildman–Crippen MR) is 138 cm³/mol. The maximum absolute atomic E-state index is 10.3. The topological polar surface area (TPSA) is 77.7 Å². The van der Waals surface area contributed by atoms with E-state index in [4.69, 9.17) is 0 Å². The van der Waals surface area contributed by atoms with Crippen LogP contribution in [0.3, 0.4) is 0 Å². The van der Waals surface area contributed by atoms with Crippen molar-refractivity contribution in [3.8, 4) is 28.4 Å². The van der Waals surface area contributed by atoms with Crippen LogP contribution < -0.4 is 4.90 Å². The summed E-state index contributed by atoms with van der Waals surface area (Å²) in [5, 5.41) is 29.0. The lowest BCUT2D eigenvalue weighted by Crippen LogP contribution is -2.45. The number of aromatic hydroxyl groups is 2. The van der Waals surface area contributed by atoms with Crippen LogP contribution in [0.2, 0.25) is 0 Å². The Bertz CT molecular complexity index is 1280. The van der Waals surface area contributed by atoms with E-state index in [0.29, 0.717) is 5.69 Å². The number of aromatic nitrogens is 3. The van der Waals surface area contributed by atoms with Gasteiger partial charge >= 0.3 is 0 Å². The number of nitrogens with zero attached hydrogens (tertiary/aromatic N) is 5. The zero-order valence-corrected chi connectivity index (χ0v) is 20.2. The SMILES string of the molecule is CC(C)c1cc(-n2cc(-c3ccc(CN4CCN(c5ccccc5)CC4)cc3)nn2)c(O)cc1O. The third-order valence-corrected chi connectivity index (χ3v) is 6.64. The molecule has 7 heteroatoms. The van der Waals surface area contributed by atoms with E-state index in [9.17, 15) is 10.2 Å². The first-order valence-corrected chi connectivity index (χ1v) is 12.1. The van der Waals surface area contributed by atoms with E-state index in [0.717, 1.165) is 49.5 Å². The Morgan fingerprint density at radius 2 is 1.57 bits per heavy atom. The van der Waals surface area contributed by atoms with Crippen molar-refractivity contribution >= 4 is 5.69 Å². The molecule has 2 heterocycles. The maximum Gasteiger partial charge on any atom is 0.145 e. The fourth-order valence-electron chi connectivity index (χ4n) is 4.58. The highest BCUT2D eigenvalue weighted by molar-refractivity contribution is 5.60. The van der Waals surface area contributed by atoms with Gasteiger partial charge in [-0.25, -0.2) is 4.68 Å². The smallest absolute Gasteiger partial charge is 0.145 e. The van der Waals surface area contributed by atoms with Gasteiger partial charge in [0.05, 0.1) is 6.20 Å². The third kappa shape index (κ3) is 5.00. The molecule has 7 nitrogen and oxygen atoms in total. The van der Waals surface area contributed by atoms with Crippen LogP contribution in [-0.2, 0) is 6.54 Å². The minimum atomic E-state index is -0.0361. The molecule has 1 aliphatic heterocycles. The average molecular weight is 470 g/mol. The molecule has 5 rings (SSSR count). The zero-order chi connectivity index (χ0) is 24.4. The van der Waals surface area contributed by atoms with Crippen molar-refractivity contribution in [2.45, 2.75) is 26.3 Å². The van der Waals surface area contributed by atoms with Crippen molar-refractivity contribution in [1.82, 2.24) is 19.9 Å². The molecule has 0 spiro atoms. The highest BCUT2D eigenvalue weighted by atomic mass is 16.3. The van der Waals surface area contributed by atoms with E-state index in [2.05, 4.69) is 74.7 Å².